The lowest BCUT2D eigenvalue weighted by molar-refractivity contribution is -0.0209. The van der Waals surface area contributed by atoms with Gasteiger partial charge in [0.1, 0.15) is 11.5 Å². The lowest BCUT2D eigenvalue weighted by atomic mass is 9.95. The van der Waals surface area contributed by atoms with Crippen LogP contribution in [0, 0.1) is 6.92 Å². The summed E-state index contributed by atoms with van der Waals surface area (Å²) >= 11 is 0. The van der Waals surface area contributed by atoms with Gasteiger partial charge >= 0.3 is 0 Å². The van der Waals surface area contributed by atoms with Crippen LogP contribution in [-0.2, 0) is 0 Å². The van der Waals surface area contributed by atoms with Crippen LogP contribution in [0.3, 0.4) is 0 Å². The molecule has 0 bridgehead atoms. The number of hydrogen-bond donors (Lipinski definition) is 1. The van der Waals surface area contributed by atoms with Crippen LogP contribution in [0.2, 0.25) is 0 Å². The number of para-hydroxylation sites is 1. The first kappa shape index (κ1) is 19.3. The normalized spacial score (nSPS) is 19.2. The SMILES string of the molecule is COc1ccc(O)c(C2=NN3[C@@H](c4cccc(C)c4)Oc4c(OC)cccc4[C@@H]3C2)c1. The van der Waals surface area contributed by atoms with Gasteiger partial charge in [-0.25, -0.2) is 5.01 Å². The monoisotopic (exact) mass is 416 g/mol. The molecule has 0 spiro atoms. The first-order chi connectivity index (χ1) is 15.1. The Morgan fingerprint density at radius 2 is 1.87 bits per heavy atom. The molecule has 0 aromatic heterocycles. The molecule has 5 rings (SSSR count). The van der Waals surface area contributed by atoms with E-state index >= 15 is 0 Å². The summed E-state index contributed by atoms with van der Waals surface area (Å²) in [5.41, 5.74) is 4.64. The molecule has 6 heteroatoms. The maximum atomic E-state index is 10.5. The first-order valence-electron chi connectivity index (χ1n) is 10.2. The lowest BCUT2D eigenvalue weighted by Gasteiger charge is -2.38. The number of benzene rings is 3. The number of nitrogens with zero attached hydrogens (tertiary/aromatic N) is 2. The highest BCUT2D eigenvalue weighted by molar-refractivity contribution is 6.04. The Bertz CT molecular complexity index is 1170. The van der Waals surface area contributed by atoms with Crippen LogP contribution in [0.15, 0.2) is 65.8 Å². The summed E-state index contributed by atoms with van der Waals surface area (Å²) in [6.07, 6.45) is 0.228. The fourth-order valence-electron chi connectivity index (χ4n) is 4.32. The van der Waals surface area contributed by atoms with Crippen molar-refractivity contribution in [2.24, 2.45) is 5.10 Å². The summed E-state index contributed by atoms with van der Waals surface area (Å²) in [6.45, 7) is 2.06. The van der Waals surface area contributed by atoms with Gasteiger partial charge in [0.2, 0.25) is 6.23 Å². The minimum atomic E-state index is -0.404. The molecular formula is C25H24N2O4. The zero-order valence-electron chi connectivity index (χ0n) is 17.7. The molecule has 0 aliphatic carbocycles. The van der Waals surface area contributed by atoms with Crippen molar-refractivity contribution in [3.8, 4) is 23.0 Å². The quantitative estimate of drug-likeness (QED) is 0.651. The van der Waals surface area contributed by atoms with Crippen molar-refractivity contribution < 1.29 is 19.3 Å². The van der Waals surface area contributed by atoms with Crippen LogP contribution < -0.4 is 14.2 Å². The lowest BCUT2D eigenvalue weighted by Crippen LogP contribution is -2.33. The van der Waals surface area contributed by atoms with Gasteiger partial charge in [-0.2, -0.15) is 5.10 Å². The van der Waals surface area contributed by atoms with Gasteiger partial charge in [-0.1, -0.05) is 42.0 Å². The van der Waals surface area contributed by atoms with E-state index in [0.29, 0.717) is 23.5 Å². The summed E-state index contributed by atoms with van der Waals surface area (Å²) < 4.78 is 17.4. The van der Waals surface area contributed by atoms with Gasteiger partial charge in [0.05, 0.1) is 26.0 Å². The molecule has 0 saturated heterocycles. The Balaban J connectivity index is 1.64. The number of methoxy groups -OCH3 is 2. The molecule has 31 heavy (non-hydrogen) atoms. The van der Waals surface area contributed by atoms with Gasteiger partial charge in [-0.3, -0.25) is 0 Å². The zero-order chi connectivity index (χ0) is 21.5. The fraction of sp³-hybridized carbons (Fsp3) is 0.240. The number of fused-ring (bicyclic) bond motifs is 3. The molecule has 0 fully saturated rings. The summed E-state index contributed by atoms with van der Waals surface area (Å²) in [7, 11) is 3.26. The van der Waals surface area contributed by atoms with Gasteiger partial charge in [0.15, 0.2) is 11.5 Å². The van der Waals surface area contributed by atoms with Crippen molar-refractivity contribution in [3.63, 3.8) is 0 Å². The van der Waals surface area contributed by atoms with Gasteiger partial charge in [0.25, 0.3) is 0 Å². The Hall–Kier alpha value is -3.67. The van der Waals surface area contributed by atoms with Crippen LogP contribution in [0.1, 0.15) is 40.9 Å². The number of hydrogen-bond acceptors (Lipinski definition) is 6. The summed E-state index contributed by atoms with van der Waals surface area (Å²) in [4.78, 5) is 0. The molecular weight excluding hydrogens is 392 g/mol. The van der Waals surface area contributed by atoms with E-state index < -0.39 is 6.23 Å². The summed E-state index contributed by atoms with van der Waals surface area (Å²) in [6, 6.07) is 19.3. The molecule has 0 amide bonds. The molecule has 2 aliphatic rings. The van der Waals surface area contributed by atoms with Crippen LogP contribution >= 0.6 is 0 Å². The number of phenols is 1. The van der Waals surface area contributed by atoms with Crippen LogP contribution in [-0.4, -0.2) is 30.0 Å². The molecule has 2 heterocycles. The van der Waals surface area contributed by atoms with E-state index in [1.54, 1.807) is 26.4 Å². The highest BCUT2D eigenvalue weighted by atomic mass is 16.5. The standard InChI is InChI=1S/C25H24N2O4/c1-15-6-4-7-16(12-15)25-27-21(18-8-5-9-23(30-3)24(18)31-25)14-20(26-27)19-13-17(29-2)10-11-22(19)28/h4-13,21,25,28H,14H2,1-3H3/t21-,25+/m0/s1. The number of aryl methyl sites for hydroxylation is 1. The molecule has 3 aromatic carbocycles. The van der Waals surface area contributed by atoms with E-state index in [1.807, 2.05) is 41.4 Å². The molecule has 3 aromatic rings. The topological polar surface area (TPSA) is 63.5 Å². The van der Waals surface area contributed by atoms with Crippen molar-refractivity contribution in [3.05, 3.63) is 82.9 Å². The van der Waals surface area contributed by atoms with E-state index in [2.05, 4.69) is 19.1 Å². The Kier molecular flexibility index (Phi) is 4.70. The van der Waals surface area contributed by atoms with Gasteiger partial charge in [-0.05, 0) is 31.2 Å². The van der Waals surface area contributed by atoms with Gasteiger partial charge in [-0.15, -0.1) is 0 Å². The number of ether oxygens (including phenoxy) is 3. The van der Waals surface area contributed by atoms with Crippen LogP contribution in [0.4, 0.5) is 0 Å². The van der Waals surface area contributed by atoms with Crippen molar-refractivity contribution in [2.75, 3.05) is 14.2 Å². The number of hydrazone groups is 1. The predicted molar refractivity (Wildman–Crippen MR) is 118 cm³/mol. The molecule has 0 unspecified atom stereocenters. The molecule has 1 N–H and O–H groups in total. The first-order valence-corrected chi connectivity index (χ1v) is 10.2. The maximum absolute atomic E-state index is 10.5. The van der Waals surface area contributed by atoms with E-state index in [1.165, 1.54) is 0 Å². The summed E-state index contributed by atoms with van der Waals surface area (Å²) in [5.74, 6) is 2.30. The average Bonchev–Trinajstić information content (AvgIpc) is 3.24. The average molecular weight is 416 g/mol. The largest absolute Gasteiger partial charge is 0.507 e. The van der Waals surface area contributed by atoms with Crippen molar-refractivity contribution in [1.29, 1.82) is 0 Å². The Morgan fingerprint density at radius 3 is 2.65 bits per heavy atom. The van der Waals surface area contributed by atoms with E-state index in [9.17, 15) is 5.11 Å². The Labute approximate surface area is 181 Å². The number of rotatable bonds is 4. The van der Waals surface area contributed by atoms with Crippen LogP contribution in [0.5, 0.6) is 23.0 Å². The molecule has 6 nitrogen and oxygen atoms in total. The fourth-order valence-corrected chi connectivity index (χ4v) is 4.32. The van der Waals surface area contributed by atoms with Crippen molar-refractivity contribution >= 4 is 5.71 Å². The molecule has 2 atom stereocenters. The third-order valence-corrected chi connectivity index (χ3v) is 5.84. The Morgan fingerprint density at radius 1 is 1.03 bits per heavy atom. The number of phenolic OH excluding ortho intramolecular Hbond substituents is 1. The highest BCUT2D eigenvalue weighted by Crippen LogP contribution is 2.51. The third kappa shape index (κ3) is 3.24. The molecule has 0 radical (unpaired) electrons. The van der Waals surface area contributed by atoms with E-state index in [4.69, 9.17) is 19.3 Å². The van der Waals surface area contributed by atoms with Crippen molar-refractivity contribution in [2.45, 2.75) is 25.6 Å². The maximum Gasteiger partial charge on any atom is 0.214 e. The minimum absolute atomic E-state index is 0.0371. The molecule has 0 saturated carbocycles. The molecule has 2 aliphatic heterocycles. The predicted octanol–water partition coefficient (Wildman–Crippen LogP) is 4.96. The summed E-state index contributed by atoms with van der Waals surface area (Å²) in [5, 5.41) is 17.4. The third-order valence-electron chi connectivity index (χ3n) is 5.84. The second kappa shape index (κ2) is 7.54. The second-order valence-corrected chi connectivity index (χ2v) is 7.79. The minimum Gasteiger partial charge on any atom is -0.507 e. The van der Waals surface area contributed by atoms with Gasteiger partial charge in [0, 0.05) is 23.1 Å². The molecule has 158 valence electrons. The smallest absolute Gasteiger partial charge is 0.214 e. The highest BCUT2D eigenvalue weighted by Gasteiger charge is 2.42. The second-order valence-electron chi connectivity index (χ2n) is 7.79. The van der Waals surface area contributed by atoms with Gasteiger partial charge < -0.3 is 19.3 Å². The van der Waals surface area contributed by atoms with E-state index in [-0.39, 0.29) is 11.8 Å². The van der Waals surface area contributed by atoms with Crippen LogP contribution in [0.25, 0.3) is 0 Å². The van der Waals surface area contributed by atoms with Crippen molar-refractivity contribution in [1.82, 2.24) is 5.01 Å². The zero-order valence-corrected chi connectivity index (χ0v) is 17.7. The number of aromatic hydroxyl groups is 1. The van der Waals surface area contributed by atoms with E-state index in [0.717, 1.165) is 28.2 Å².